The zero-order valence-corrected chi connectivity index (χ0v) is 14.8. The van der Waals surface area contributed by atoms with Gasteiger partial charge in [0.2, 0.25) is 0 Å². The predicted molar refractivity (Wildman–Crippen MR) is 90.4 cm³/mol. The molecule has 0 radical (unpaired) electrons. The van der Waals surface area contributed by atoms with Crippen molar-refractivity contribution in [2.24, 2.45) is 0 Å². The average molecular weight is 427 g/mol. The summed E-state index contributed by atoms with van der Waals surface area (Å²) in [5.74, 6) is -1.32. The van der Waals surface area contributed by atoms with Crippen molar-refractivity contribution in [3.8, 4) is 0 Å². The largest absolute Gasteiger partial charge is 0.351 e. The molecular weight excluding hydrogens is 416 g/mol. The first-order chi connectivity index (χ1) is 10.7. The molecule has 0 aliphatic carbocycles. The predicted octanol–water partition coefficient (Wildman–Crippen LogP) is 4.00. The molecule has 0 aromatic heterocycles. The van der Waals surface area contributed by atoms with Crippen molar-refractivity contribution in [1.82, 2.24) is 4.72 Å². The van der Waals surface area contributed by atoms with E-state index in [1.165, 1.54) is 19.2 Å². The van der Waals surface area contributed by atoms with Gasteiger partial charge in [-0.15, -0.1) is 0 Å². The van der Waals surface area contributed by atoms with Gasteiger partial charge in [0.1, 0.15) is 11.6 Å². The lowest BCUT2D eigenvalue weighted by Crippen LogP contribution is -2.27. The standard InChI is InChI=1S/C13H11BrClF2N3O2S/c1-18-23(21,22)20-13-9(15)5-8(16)6-12(13)19-11-3-2-7(14)4-10(11)17/h2-6,18-20H,1H3. The van der Waals surface area contributed by atoms with Crippen molar-refractivity contribution >= 4 is 54.8 Å². The third-order valence-corrected chi connectivity index (χ3v) is 4.56. The summed E-state index contributed by atoms with van der Waals surface area (Å²) in [5.41, 5.74) is -0.112. The molecule has 2 aromatic rings. The van der Waals surface area contributed by atoms with Crippen molar-refractivity contribution in [3.63, 3.8) is 0 Å². The Morgan fingerprint density at radius 2 is 1.83 bits per heavy atom. The average Bonchev–Trinajstić information content (AvgIpc) is 2.45. The third kappa shape index (κ3) is 4.54. The fourth-order valence-corrected chi connectivity index (χ4v) is 2.93. The second-order valence-electron chi connectivity index (χ2n) is 4.37. The lowest BCUT2D eigenvalue weighted by molar-refractivity contribution is 0.593. The van der Waals surface area contributed by atoms with Crippen LogP contribution < -0.4 is 14.8 Å². The summed E-state index contributed by atoms with van der Waals surface area (Å²) < 4.78 is 55.5. The zero-order valence-electron chi connectivity index (χ0n) is 11.6. The van der Waals surface area contributed by atoms with E-state index in [1.807, 2.05) is 4.72 Å². The zero-order chi connectivity index (χ0) is 17.2. The molecule has 0 saturated carbocycles. The summed E-state index contributed by atoms with van der Waals surface area (Å²) in [6, 6.07) is 6.14. The van der Waals surface area contributed by atoms with E-state index in [0.29, 0.717) is 4.47 Å². The van der Waals surface area contributed by atoms with Crippen LogP contribution in [0.25, 0.3) is 0 Å². The summed E-state index contributed by atoms with van der Waals surface area (Å²) in [6.07, 6.45) is 0. The molecule has 23 heavy (non-hydrogen) atoms. The first-order valence-electron chi connectivity index (χ1n) is 6.14. The fourth-order valence-electron chi connectivity index (χ4n) is 1.70. The smallest absolute Gasteiger partial charge is 0.298 e. The topological polar surface area (TPSA) is 70.2 Å². The van der Waals surface area contributed by atoms with E-state index in [1.54, 1.807) is 6.07 Å². The summed E-state index contributed by atoms with van der Waals surface area (Å²) in [4.78, 5) is 0. The fraction of sp³-hybridized carbons (Fsp3) is 0.0769. The maximum Gasteiger partial charge on any atom is 0.298 e. The van der Waals surface area contributed by atoms with E-state index >= 15 is 0 Å². The molecule has 0 heterocycles. The van der Waals surface area contributed by atoms with Gasteiger partial charge in [-0.2, -0.15) is 8.42 Å². The van der Waals surface area contributed by atoms with Crippen LogP contribution in [0.3, 0.4) is 0 Å². The maximum atomic E-state index is 13.9. The van der Waals surface area contributed by atoms with E-state index in [4.69, 9.17) is 11.6 Å². The molecule has 0 unspecified atom stereocenters. The van der Waals surface area contributed by atoms with Gasteiger partial charge in [0.25, 0.3) is 10.2 Å². The summed E-state index contributed by atoms with van der Waals surface area (Å²) >= 11 is 9.01. The van der Waals surface area contributed by atoms with Gasteiger partial charge in [-0.3, -0.25) is 4.72 Å². The highest BCUT2D eigenvalue weighted by molar-refractivity contribution is 9.10. The van der Waals surface area contributed by atoms with Crippen LogP contribution in [-0.4, -0.2) is 15.5 Å². The normalized spacial score (nSPS) is 11.3. The van der Waals surface area contributed by atoms with Gasteiger partial charge in [0, 0.05) is 11.5 Å². The number of rotatable bonds is 5. The van der Waals surface area contributed by atoms with Crippen LogP contribution in [0, 0.1) is 11.6 Å². The number of hydrogen-bond acceptors (Lipinski definition) is 3. The number of anilines is 3. The number of halogens is 4. The lowest BCUT2D eigenvalue weighted by Gasteiger charge is -2.16. The molecule has 0 amide bonds. The minimum atomic E-state index is -3.89. The summed E-state index contributed by atoms with van der Waals surface area (Å²) in [6.45, 7) is 0. The molecular formula is C13H11BrClF2N3O2S. The molecule has 0 saturated heterocycles. The number of benzene rings is 2. The Kier molecular flexibility index (Phi) is 5.45. The molecule has 0 aliphatic rings. The van der Waals surface area contributed by atoms with E-state index < -0.39 is 21.8 Å². The minimum Gasteiger partial charge on any atom is -0.351 e. The third-order valence-electron chi connectivity index (χ3n) is 2.76. The molecule has 3 N–H and O–H groups in total. The highest BCUT2D eigenvalue weighted by Crippen LogP contribution is 2.35. The van der Waals surface area contributed by atoms with Crippen LogP contribution in [0.4, 0.5) is 25.8 Å². The van der Waals surface area contributed by atoms with Crippen LogP contribution in [0.15, 0.2) is 34.8 Å². The van der Waals surface area contributed by atoms with Crippen LogP contribution >= 0.6 is 27.5 Å². The number of hydrogen-bond donors (Lipinski definition) is 3. The molecule has 124 valence electrons. The monoisotopic (exact) mass is 425 g/mol. The Morgan fingerprint density at radius 1 is 1.13 bits per heavy atom. The van der Waals surface area contributed by atoms with Gasteiger partial charge >= 0.3 is 0 Å². The Morgan fingerprint density at radius 3 is 2.43 bits per heavy atom. The van der Waals surface area contributed by atoms with Crippen LogP contribution in [-0.2, 0) is 10.2 Å². The molecule has 10 heteroatoms. The Hall–Kier alpha value is -1.42. The molecule has 5 nitrogen and oxygen atoms in total. The van der Waals surface area contributed by atoms with E-state index in [2.05, 4.69) is 26.0 Å². The highest BCUT2D eigenvalue weighted by atomic mass is 79.9. The molecule has 2 rings (SSSR count). The van der Waals surface area contributed by atoms with E-state index in [9.17, 15) is 17.2 Å². The SMILES string of the molecule is CNS(=O)(=O)Nc1c(Cl)cc(F)cc1Nc1ccc(Br)cc1F. The second kappa shape index (κ2) is 7.00. The lowest BCUT2D eigenvalue weighted by atomic mass is 10.2. The molecule has 0 spiro atoms. The van der Waals surface area contributed by atoms with Crippen molar-refractivity contribution in [2.75, 3.05) is 17.1 Å². The van der Waals surface area contributed by atoms with Crippen molar-refractivity contribution in [2.45, 2.75) is 0 Å². The molecule has 0 fully saturated rings. The minimum absolute atomic E-state index is 0.0276. The quantitative estimate of drug-likeness (QED) is 0.677. The Balaban J connectivity index is 2.48. The van der Waals surface area contributed by atoms with Gasteiger partial charge < -0.3 is 5.32 Å². The van der Waals surface area contributed by atoms with Crippen LogP contribution in [0.5, 0.6) is 0 Å². The van der Waals surface area contributed by atoms with E-state index in [-0.39, 0.29) is 22.1 Å². The van der Waals surface area contributed by atoms with Gasteiger partial charge in [-0.25, -0.2) is 13.5 Å². The molecule has 0 aliphatic heterocycles. The molecule has 0 atom stereocenters. The molecule has 0 bridgehead atoms. The van der Waals surface area contributed by atoms with Gasteiger partial charge in [-0.1, -0.05) is 27.5 Å². The van der Waals surface area contributed by atoms with Crippen LogP contribution in [0.2, 0.25) is 5.02 Å². The van der Waals surface area contributed by atoms with Crippen molar-refractivity contribution in [3.05, 3.63) is 51.5 Å². The Labute approximate surface area is 145 Å². The van der Waals surface area contributed by atoms with Crippen molar-refractivity contribution in [1.29, 1.82) is 0 Å². The van der Waals surface area contributed by atoms with E-state index in [0.717, 1.165) is 12.1 Å². The van der Waals surface area contributed by atoms with Crippen LogP contribution in [0.1, 0.15) is 0 Å². The van der Waals surface area contributed by atoms with Gasteiger partial charge in [0.15, 0.2) is 0 Å². The second-order valence-corrected chi connectivity index (χ2v) is 7.31. The number of nitrogens with one attached hydrogen (secondary N) is 3. The first-order valence-corrected chi connectivity index (χ1v) is 8.79. The Bertz CT molecular complexity index is 849. The summed E-state index contributed by atoms with van der Waals surface area (Å²) in [5, 5.41) is 2.44. The summed E-state index contributed by atoms with van der Waals surface area (Å²) in [7, 11) is -2.69. The highest BCUT2D eigenvalue weighted by Gasteiger charge is 2.17. The van der Waals surface area contributed by atoms with Gasteiger partial charge in [0.05, 0.1) is 22.1 Å². The molecule has 2 aromatic carbocycles. The van der Waals surface area contributed by atoms with Crippen molar-refractivity contribution < 1.29 is 17.2 Å². The first kappa shape index (κ1) is 17.9. The van der Waals surface area contributed by atoms with Gasteiger partial charge in [-0.05, 0) is 30.3 Å². The maximum absolute atomic E-state index is 13.9.